The summed E-state index contributed by atoms with van der Waals surface area (Å²) in [6, 6.07) is 10.3. The van der Waals surface area contributed by atoms with Gasteiger partial charge in [0.2, 0.25) is 0 Å². The minimum absolute atomic E-state index is 0.276. The van der Waals surface area contributed by atoms with Gasteiger partial charge in [0.25, 0.3) is 0 Å². The highest BCUT2D eigenvalue weighted by atomic mass is 32.2. The molecule has 5 nitrogen and oxygen atoms in total. The van der Waals surface area contributed by atoms with Gasteiger partial charge in [-0.25, -0.2) is 4.98 Å². The first-order valence-corrected chi connectivity index (χ1v) is 10.6. The summed E-state index contributed by atoms with van der Waals surface area (Å²) in [5.41, 5.74) is 4.09. The summed E-state index contributed by atoms with van der Waals surface area (Å²) in [5, 5.41) is 10.3. The van der Waals surface area contributed by atoms with Crippen LogP contribution in [0.4, 0.5) is 0 Å². The van der Waals surface area contributed by atoms with Crippen molar-refractivity contribution in [1.29, 1.82) is 5.41 Å². The van der Waals surface area contributed by atoms with E-state index >= 15 is 0 Å². The summed E-state index contributed by atoms with van der Waals surface area (Å²) in [7, 11) is 2.62. The third kappa shape index (κ3) is 3.61. The molecule has 0 radical (unpaired) electrons. The van der Waals surface area contributed by atoms with E-state index in [1.807, 2.05) is 18.2 Å². The summed E-state index contributed by atoms with van der Waals surface area (Å²) in [4.78, 5) is 8.01. The molecule has 2 aromatic heterocycles. The van der Waals surface area contributed by atoms with Gasteiger partial charge >= 0.3 is 0 Å². The average molecular weight is 417 g/mol. The summed E-state index contributed by atoms with van der Waals surface area (Å²) in [6.07, 6.45) is 0.714. The quantitative estimate of drug-likeness (QED) is 0.288. The highest BCUT2D eigenvalue weighted by Crippen LogP contribution is 2.32. The Bertz CT molecular complexity index is 1140. The molecular weight excluding hydrogens is 395 g/mol. The lowest BCUT2D eigenvalue weighted by molar-refractivity contribution is -0.0400. The lowest BCUT2D eigenvalue weighted by Crippen LogP contribution is -2.33. The zero-order chi connectivity index (χ0) is 19.2. The van der Waals surface area contributed by atoms with Gasteiger partial charge in [-0.3, -0.25) is 9.75 Å². The van der Waals surface area contributed by atoms with Gasteiger partial charge in [-0.2, -0.15) is 0 Å². The number of rotatable bonds is 3. The Hall–Kier alpha value is -1.53. The molecule has 3 aromatic rings. The topological polar surface area (TPSA) is 66.7 Å². The number of hydrogen-bond donors (Lipinski definition) is 2. The SMILES string of the molecule is CC1(C)Cc2c(c(=S)[nH]c3nc(SCc4ccccc4)n(P)c(=N)c23)CO1. The lowest BCUT2D eigenvalue weighted by Gasteiger charge is -2.32. The maximum atomic E-state index is 8.75. The number of hydrogen-bond acceptors (Lipinski definition) is 5. The van der Waals surface area contributed by atoms with Crippen molar-refractivity contribution in [2.45, 2.75) is 43.4 Å². The highest BCUT2D eigenvalue weighted by molar-refractivity contribution is 7.98. The number of nitrogens with zero attached hydrogens (tertiary/aromatic N) is 2. The fourth-order valence-corrected chi connectivity index (χ4v) is 4.86. The standard InChI is InChI=1S/C19H21N4OPS2/c1-19(2)8-12-13(9-24-19)17(26)21-16-14(12)15(20)23(25)18(22-16)27-10-11-6-4-3-5-7-11/h3-7,20H,8-10,25H2,1-2H3,(H,21,26). The number of pyridine rings is 1. The van der Waals surface area contributed by atoms with E-state index in [-0.39, 0.29) is 5.60 Å². The van der Waals surface area contributed by atoms with E-state index in [0.29, 0.717) is 28.8 Å². The zero-order valence-corrected chi connectivity index (χ0v) is 18.0. The normalized spacial score (nSPS) is 15.7. The Balaban J connectivity index is 1.83. The molecule has 27 heavy (non-hydrogen) atoms. The third-order valence-corrected chi connectivity index (χ3v) is 6.78. The molecule has 4 rings (SSSR count). The molecule has 1 aliphatic rings. The average Bonchev–Trinajstić information content (AvgIpc) is 2.63. The first-order valence-electron chi connectivity index (χ1n) is 8.67. The van der Waals surface area contributed by atoms with Crippen LogP contribution in [0.25, 0.3) is 11.0 Å². The smallest absolute Gasteiger partial charge is 0.174 e. The molecule has 1 unspecified atom stereocenters. The predicted molar refractivity (Wildman–Crippen MR) is 114 cm³/mol. The van der Waals surface area contributed by atoms with E-state index in [0.717, 1.165) is 27.4 Å². The maximum absolute atomic E-state index is 8.75. The molecule has 2 N–H and O–H groups in total. The maximum Gasteiger partial charge on any atom is 0.174 e. The number of fused-ring (bicyclic) bond motifs is 3. The molecule has 0 aliphatic carbocycles. The largest absolute Gasteiger partial charge is 0.370 e. The van der Waals surface area contributed by atoms with E-state index in [1.54, 1.807) is 16.1 Å². The van der Waals surface area contributed by atoms with Crippen molar-refractivity contribution in [3.63, 3.8) is 0 Å². The highest BCUT2D eigenvalue weighted by Gasteiger charge is 2.29. The van der Waals surface area contributed by atoms with Crippen molar-refractivity contribution >= 4 is 44.4 Å². The second-order valence-corrected chi connectivity index (χ2v) is 9.11. The fourth-order valence-electron chi connectivity index (χ4n) is 3.30. The number of H-pyrrole nitrogens is 1. The predicted octanol–water partition coefficient (Wildman–Crippen LogP) is 4.36. The van der Waals surface area contributed by atoms with Crippen LogP contribution in [-0.2, 0) is 23.5 Å². The van der Waals surface area contributed by atoms with Crippen LogP contribution in [0.3, 0.4) is 0 Å². The molecule has 0 bridgehead atoms. The monoisotopic (exact) mass is 416 g/mol. The molecule has 0 spiro atoms. The molecular formula is C19H21N4OPS2. The van der Waals surface area contributed by atoms with E-state index < -0.39 is 0 Å². The van der Waals surface area contributed by atoms with Crippen LogP contribution in [0.15, 0.2) is 35.5 Å². The summed E-state index contributed by atoms with van der Waals surface area (Å²) in [6.45, 7) is 4.60. The number of benzene rings is 1. The van der Waals surface area contributed by atoms with Gasteiger partial charge in [0.15, 0.2) is 5.16 Å². The van der Waals surface area contributed by atoms with Crippen LogP contribution < -0.4 is 5.49 Å². The molecule has 3 heterocycles. The Morgan fingerprint density at radius 1 is 1.33 bits per heavy atom. The number of ether oxygens (including phenoxy) is 1. The van der Waals surface area contributed by atoms with Gasteiger partial charge in [0.1, 0.15) is 15.8 Å². The number of aromatic amines is 1. The van der Waals surface area contributed by atoms with Crippen LogP contribution in [0.2, 0.25) is 0 Å². The van der Waals surface area contributed by atoms with Gasteiger partial charge in [0.05, 0.1) is 17.6 Å². The van der Waals surface area contributed by atoms with Crippen LogP contribution in [0, 0.1) is 10.0 Å². The number of nitrogens with one attached hydrogen (secondary N) is 2. The summed E-state index contributed by atoms with van der Waals surface area (Å²) in [5.74, 6) is 0.791. The van der Waals surface area contributed by atoms with E-state index in [4.69, 9.17) is 27.3 Å². The Labute approximate surface area is 169 Å². The van der Waals surface area contributed by atoms with Crippen molar-refractivity contribution in [1.82, 2.24) is 14.3 Å². The molecule has 0 amide bonds. The Morgan fingerprint density at radius 3 is 2.81 bits per heavy atom. The number of aromatic nitrogens is 3. The van der Waals surface area contributed by atoms with E-state index in [1.165, 1.54) is 5.56 Å². The Kier molecular flexibility index (Phi) is 4.97. The van der Waals surface area contributed by atoms with Gasteiger partial charge < -0.3 is 9.72 Å². The van der Waals surface area contributed by atoms with Crippen LogP contribution in [0.5, 0.6) is 0 Å². The van der Waals surface area contributed by atoms with Crippen LogP contribution in [0.1, 0.15) is 30.5 Å². The molecule has 1 aliphatic heterocycles. The molecule has 8 heteroatoms. The van der Waals surface area contributed by atoms with Crippen molar-refractivity contribution in [3.8, 4) is 0 Å². The minimum atomic E-state index is -0.276. The molecule has 1 aromatic carbocycles. The first-order chi connectivity index (χ1) is 12.9. The van der Waals surface area contributed by atoms with Gasteiger partial charge in [-0.15, -0.1) is 0 Å². The van der Waals surface area contributed by atoms with Gasteiger partial charge in [-0.05, 0) is 34.4 Å². The van der Waals surface area contributed by atoms with Crippen molar-refractivity contribution in [2.24, 2.45) is 0 Å². The molecule has 140 valence electrons. The van der Waals surface area contributed by atoms with Crippen molar-refractivity contribution in [2.75, 3.05) is 0 Å². The molecule has 1 atom stereocenters. The van der Waals surface area contributed by atoms with E-state index in [2.05, 4.69) is 40.4 Å². The Morgan fingerprint density at radius 2 is 2.07 bits per heavy atom. The van der Waals surface area contributed by atoms with Gasteiger partial charge in [0, 0.05) is 17.7 Å². The second kappa shape index (κ2) is 7.13. The van der Waals surface area contributed by atoms with E-state index in [9.17, 15) is 0 Å². The van der Waals surface area contributed by atoms with Crippen molar-refractivity contribution in [3.05, 3.63) is 57.2 Å². The summed E-state index contributed by atoms with van der Waals surface area (Å²) >= 11 is 7.15. The van der Waals surface area contributed by atoms with Crippen molar-refractivity contribution < 1.29 is 4.74 Å². The van der Waals surface area contributed by atoms with Gasteiger partial charge in [-0.1, -0.05) is 54.3 Å². The fraction of sp³-hybridized carbons (Fsp3) is 0.316. The third-order valence-electron chi connectivity index (χ3n) is 4.72. The number of thioether (sulfide) groups is 1. The second-order valence-electron chi connectivity index (χ2n) is 7.25. The lowest BCUT2D eigenvalue weighted by atomic mass is 9.91. The summed E-state index contributed by atoms with van der Waals surface area (Å²) < 4.78 is 8.35. The van der Waals surface area contributed by atoms with Crippen LogP contribution in [-0.4, -0.2) is 19.9 Å². The molecule has 0 fully saturated rings. The molecule has 0 saturated heterocycles. The molecule has 0 saturated carbocycles. The first kappa shape index (κ1) is 18.8. The van der Waals surface area contributed by atoms with Crippen LogP contribution >= 0.6 is 33.4 Å². The minimum Gasteiger partial charge on any atom is -0.370 e. The zero-order valence-electron chi connectivity index (χ0n) is 15.2.